The van der Waals surface area contributed by atoms with Gasteiger partial charge in [-0.05, 0) is 24.6 Å². The highest BCUT2D eigenvalue weighted by atomic mass is 35.5. The molecule has 2 rings (SSSR count). The Morgan fingerprint density at radius 2 is 2.21 bits per heavy atom. The second-order valence-electron chi connectivity index (χ2n) is 4.40. The number of aliphatic hydroxyl groups excluding tert-OH is 1. The van der Waals surface area contributed by atoms with E-state index in [1.165, 1.54) is 0 Å². The maximum absolute atomic E-state index is 9.35. The number of nitrogens with zero attached hydrogens (tertiary/aromatic N) is 2. The van der Waals surface area contributed by atoms with Crippen LogP contribution in [0.3, 0.4) is 0 Å². The van der Waals surface area contributed by atoms with E-state index in [1.807, 2.05) is 6.07 Å². The third-order valence-corrected chi connectivity index (χ3v) is 3.11. The largest absolute Gasteiger partial charge is 0.394 e. The molecule has 1 aromatic heterocycles. The van der Waals surface area contributed by atoms with E-state index in [4.69, 9.17) is 17.3 Å². The highest BCUT2D eigenvalue weighted by Crippen LogP contribution is 2.25. The zero-order chi connectivity index (χ0) is 13.8. The maximum Gasteiger partial charge on any atom is 0.222 e. The molecule has 102 valence electrons. The average Bonchev–Trinajstić information content (AvgIpc) is 2.37. The molecule has 1 atom stereocenters. The van der Waals surface area contributed by atoms with Gasteiger partial charge in [0.05, 0.1) is 18.2 Å². The van der Waals surface area contributed by atoms with E-state index in [2.05, 4.69) is 22.2 Å². The average molecular weight is 281 g/mol. The third-order valence-electron chi connectivity index (χ3n) is 2.87. The summed E-state index contributed by atoms with van der Waals surface area (Å²) >= 11 is 5.94. The fourth-order valence-electron chi connectivity index (χ4n) is 1.98. The standard InChI is InChI=1S/C13H17ClN4O/c1-2-3-9(7-19)16-12-10-5-4-8(14)6-11(10)17-13(15)18-12/h4-6,9,19H,2-3,7H2,1H3,(H3,15,16,17,18)/t9-/m0/s1. The van der Waals surface area contributed by atoms with Crippen LogP contribution in [-0.2, 0) is 0 Å². The summed E-state index contributed by atoms with van der Waals surface area (Å²) in [5.74, 6) is 0.817. The summed E-state index contributed by atoms with van der Waals surface area (Å²) in [6.45, 7) is 2.11. The van der Waals surface area contributed by atoms with Gasteiger partial charge in [0.2, 0.25) is 5.95 Å². The number of fused-ring (bicyclic) bond motifs is 1. The smallest absolute Gasteiger partial charge is 0.222 e. The Morgan fingerprint density at radius 1 is 1.42 bits per heavy atom. The Balaban J connectivity index is 2.41. The van der Waals surface area contributed by atoms with Gasteiger partial charge in [-0.15, -0.1) is 0 Å². The van der Waals surface area contributed by atoms with Gasteiger partial charge in [-0.25, -0.2) is 4.98 Å². The van der Waals surface area contributed by atoms with E-state index in [0.717, 1.165) is 18.2 Å². The van der Waals surface area contributed by atoms with Gasteiger partial charge >= 0.3 is 0 Å². The first-order valence-corrected chi connectivity index (χ1v) is 6.62. The number of hydrogen-bond acceptors (Lipinski definition) is 5. The third kappa shape index (κ3) is 3.24. The molecule has 0 unspecified atom stereocenters. The molecule has 6 heteroatoms. The monoisotopic (exact) mass is 280 g/mol. The highest BCUT2D eigenvalue weighted by Gasteiger charge is 2.11. The van der Waals surface area contributed by atoms with Crippen molar-refractivity contribution in [3.05, 3.63) is 23.2 Å². The van der Waals surface area contributed by atoms with Crippen LogP contribution >= 0.6 is 11.6 Å². The quantitative estimate of drug-likeness (QED) is 0.783. The fraction of sp³-hybridized carbons (Fsp3) is 0.385. The number of hydrogen-bond donors (Lipinski definition) is 3. The van der Waals surface area contributed by atoms with Crippen molar-refractivity contribution in [3.8, 4) is 0 Å². The Kier molecular flexibility index (Phi) is 4.39. The van der Waals surface area contributed by atoms with Gasteiger partial charge in [-0.3, -0.25) is 0 Å². The number of nitrogens with one attached hydrogen (secondary N) is 1. The number of nitrogen functional groups attached to an aromatic ring is 1. The molecule has 5 nitrogen and oxygen atoms in total. The maximum atomic E-state index is 9.35. The van der Waals surface area contributed by atoms with Gasteiger partial charge in [0, 0.05) is 10.4 Å². The topological polar surface area (TPSA) is 84.1 Å². The predicted octanol–water partition coefficient (Wildman–Crippen LogP) is 2.44. The van der Waals surface area contributed by atoms with Crippen LogP contribution < -0.4 is 11.1 Å². The van der Waals surface area contributed by atoms with Gasteiger partial charge < -0.3 is 16.2 Å². The Bertz CT molecular complexity index is 571. The first-order valence-electron chi connectivity index (χ1n) is 6.24. The SMILES string of the molecule is CCC[C@@H](CO)Nc1nc(N)nc2cc(Cl)ccc12. The van der Waals surface area contributed by atoms with Crippen molar-refractivity contribution >= 4 is 34.3 Å². The lowest BCUT2D eigenvalue weighted by Gasteiger charge is -2.17. The zero-order valence-electron chi connectivity index (χ0n) is 10.7. The van der Waals surface area contributed by atoms with Crippen LogP contribution in [0.25, 0.3) is 10.9 Å². The second-order valence-corrected chi connectivity index (χ2v) is 4.84. The molecule has 0 aliphatic rings. The molecule has 19 heavy (non-hydrogen) atoms. The minimum atomic E-state index is -0.0434. The molecule has 1 aromatic carbocycles. The molecule has 0 aliphatic carbocycles. The summed E-state index contributed by atoms with van der Waals surface area (Å²) in [5, 5.41) is 14.0. The molecule has 0 spiro atoms. The van der Waals surface area contributed by atoms with Crippen molar-refractivity contribution in [3.63, 3.8) is 0 Å². The highest BCUT2D eigenvalue weighted by molar-refractivity contribution is 6.31. The lowest BCUT2D eigenvalue weighted by atomic mass is 10.1. The van der Waals surface area contributed by atoms with Crippen molar-refractivity contribution < 1.29 is 5.11 Å². The van der Waals surface area contributed by atoms with Crippen LogP contribution in [0.1, 0.15) is 19.8 Å². The number of benzene rings is 1. The summed E-state index contributed by atoms with van der Waals surface area (Å²) in [6, 6.07) is 5.33. The van der Waals surface area contributed by atoms with Crippen LogP contribution in [0, 0.1) is 0 Å². The molecule has 0 aliphatic heterocycles. The summed E-state index contributed by atoms with van der Waals surface area (Å²) < 4.78 is 0. The van der Waals surface area contributed by atoms with E-state index in [-0.39, 0.29) is 18.6 Å². The molecular formula is C13H17ClN4O. The van der Waals surface area contributed by atoms with Crippen molar-refractivity contribution in [2.75, 3.05) is 17.7 Å². The van der Waals surface area contributed by atoms with Gasteiger partial charge in [0.15, 0.2) is 0 Å². The van der Waals surface area contributed by atoms with Crippen molar-refractivity contribution in [2.24, 2.45) is 0 Å². The van der Waals surface area contributed by atoms with Gasteiger partial charge in [0.25, 0.3) is 0 Å². The predicted molar refractivity (Wildman–Crippen MR) is 78.4 cm³/mol. The van der Waals surface area contributed by atoms with E-state index >= 15 is 0 Å². The number of rotatable bonds is 5. The molecule has 2 aromatic rings. The molecule has 0 amide bonds. The fourth-order valence-corrected chi connectivity index (χ4v) is 2.15. The molecule has 1 heterocycles. The van der Waals surface area contributed by atoms with Gasteiger partial charge in [0.1, 0.15) is 5.82 Å². The number of aromatic nitrogens is 2. The first-order chi connectivity index (χ1) is 9.13. The van der Waals surface area contributed by atoms with E-state index in [9.17, 15) is 5.11 Å². The van der Waals surface area contributed by atoms with Crippen LogP contribution in [0.5, 0.6) is 0 Å². The first kappa shape index (κ1) is 13.8. The lowest BCUT2D eigenvalue weighted by Crippen LogP contribution is -2.24. The molecule has 0 saturated heterocycles. The number of anilines is 2. The van der Waals surface area contributed by atoms with Crippen LogP contribution in [0.4, 0.5) is 11.8 Å². The molecule has 0 saturated carbocycles. The summed E-state index contributed by atoms with van der Waals surface area (Å²) in [7, 11) is 0. The molecular weight excluding hydrogens is 264 g/mol. The van der Waals surface area contributed by atoms with Crippen molar-refractivity contribution in [1.82, 2.24) is 9.97 Å². The Labute approximate surface area is 116 Å². The minimum Gasteiger partial charge on any atom is -0.394 e. The summed E-state index contributed by atoms with van der Waals surface area (Å²) in [4.78, 5) is 8.36. The summed E-state index contributed by atoms with van der Waals surface area (Å²) in [6.07, 6.45) is 1.83. The van der Waals surface area contributed by atoms with Gasteiger partial charge in [-0.2, -0.15) is 4.98 Å². The Hall–Kier alpha value is -1.59. The minimum absolute atomic E-state index is 0.0434. The number of aliphatic hydroxyl groups is 1. The summed E-state index contributed by atoms with van der Waals surface area (Å²) in [5.41, 5.74) is 6.39. The van der Waals surface area contributed by atoms with E-state index in [0.29, 0.717) is 16.4 Å². The van der Waals surface area contributed by atoms with Crippen LogP contribution in [0.2, 0.25) is 5.02 Å². The number of nitrogens with two attached hydrogens (primary N) is 1. The Morgan fingerprint density at radius 3 is 2.89 bits per heavy atom. The molecule has 0 fully saturated rings. The molecule has 0 bridgehead atoms. The van der Waals surface area contributed by atoms with Crippen LogP contribution in [-0.4, -0.2) is 27.7 Å². The number of halogens is 1. The lowest BCUT2D eigenvalue weighted by molar-refractivity contribution is 0.268. The van der Waals surface area contributed by atoms with E-state index in [1.54, 1.807) is 12.1 Å². The normalized spacial score (nSPS) is 12.6. The van der Waals surface area contributed by atoms with Crippen molar-refractivity contribution in [2.45, 2.75) is 25.8 Å². The van der Waals surface area contributed by atoms with Gasteiger partial charge in [-0.1, -0.05) is 24.9 Å². The second kappa shape index (κ2) is 6.04. The molecule has 4 N–H and O–H groups in total. The van der Waals surface area contributed by atoms with E-state index < -0.39 is 0 Å². The molecule has 0 radical (unpaired) electrons. The zero-order valence-corrected chi connectivity index (χ0v) is 11.5. The van der Waals surface area contributed by atoms with Crippen molar-refractivity contribution in [1.29, 1.82) is 0 Å². The van der Waals surface area contributed by atoms with Crippen LogP contribution in [0.15, 0.2) is 18.2 Å².